The molecule has 1 aromatic heterocycles. The minimum absolute atomic E-state index is 0.356. The van der Waals surface area contributed by atoms with E-state index in [1.165, 1.54) is 29.5 Å². The lowest BCUT2D eigenvalue weighted by Crippen LogP contribution is -2.01. The number of nitriles is 1. The second-order valence-corrected chi connectivity index (χ2v) is 5.26. The van der Waals surface area contributed by atoms with Crippen molar-refractivity contribution < 1.29 is 14.3 Å². The standard InChI is InChI=1S/C13H10N2O3S2/c1-17-10-4-2-3-5-11(10)20-15-9-6-7-19-12(9)13(16)18-8-14/h2-7,15H,1H3. The normalized spacial score (nSPS) is 9.60. The summed E-state index contributed by atoms with van der Waals surface area (Å²) in [6.07, 6.45) is 1.38. The summed E-state index contributed by atoms with van der Waals surface area (Å²) in [6, 6.07) is 9.27. The number of thiophene rings is 1. The van der Waals surface area contributed by atoms with E-state index in [0.717, 1.165) is 10.6 Å². The van der Waals surface area contributed by atoms with Gasteiger partial charge in [-0.15, -0.1) is 16.6 Å². The Morgan fingerprint density at radius 1 is 1.40 bits per heavy atom. The summed E-state index contributed by atoms with van der Waals surface area (Å²) in [5.74, 6) is 0.0759. The SMILES string of the molecule is COc1ccccc1SNc1ccsc1C(=O)OC#N. The van der Waals surface area contributed by atoms with Crippen molar-refractivity contribution >= 4 is 34.9 Å². The Morgan fingerprint density at radius 3 is 2.95 bits per heavy atom. The van der Waals surface area contributed by atoms with Gasteiger partial charge in [-0.2, -0.15) is 0 Å². The predicted molar refractivity (Wildman–Crippen MR) is 77.8 cm³/mol. The zero-order chi connectivity index (χ0) is 14.4. The summed E-state index contributed by atoms with van der Waals surface area (Å²) >= 11 is 2.53. The van der Waals surface area contributed by atoms with Crippen LogP contribution in [0.5, 0.6) is 5.75 Å². The van der Waals surface area contributed by atoms with Gasteiger partial charge >= 0.3 is 5.97 Å². The van der Waals surface area contributed by atoms with Gasteiger partial charge in [0.15, 0.2) is 0 Å². The molecule has 0 saturated carbocycles. The number of rotatable bonds is 5. The molecule has 0 aliphatic heterocycles. The summed E-state index contributed by atoms with van der Waals surface area (Å²) in [5, 5.41) is 10.1. The van der Waals surface area contributed by atoms with Gasteiger partial charge < -0.3 is 14.2 Å². The lowest BCUT2D eigenvalue weighted by atomic mass is 10.3. The van der Waals surface area contributed by atoms with Gasteiger partial charge in [0.2, 0.25) is 0 Å². The molecule has 2 aromatic rings. The van der Waals surface area contributed by atoms with E-state index in [1.807, 2.05) is 24.3 Å². The predicted octanol–water partition coefficient (Wildman–Crippen LogP) is 3.51. The Hall–Kier alpha value is -2.17. The molecule has 0 saturated heterocycles. The summed E-state index contributed by atoms with van der Waals surface area (Å²) in [5.41, 5.74) is 0.603. The number of para-hydroxylation sites is 1. The highest BCUT2D eigenvalue weighted by Gasteiger charge is 2.15. The smallest absolute Gasteiger partial charge is 0.365 e. The fourth-order valence-corrected chi connectivity index (χ4v) is 3.03. The number of esters is 1. The molecule has 0 spiro atoms. The first-order valence-electron chi connectivity index (χ1n) is 5.50. The number of benzene rings is 1. The van der Waals surface area contributed by atoms with Crippen LogP contribution in [0.15, 0.2) is 40.6 Å². The molecule has 1 aromatic carbocycles. The molecule has 0 unspecified atom stereocenters. The number of hydrogen-bond donors (Lipinski definition) is 1. The van der Waals surface area contributed by atoms with Gasteiger partial charge in [0.25, 0.3) is 6.26 Å². The van der Waals surface area contributed by atoms with Crippen LogP contribution in [0.3, 0.4) is 0 Å². The maximum atomic E-state index is 11.6. The van der Waals surface area contributed by atoms with Crippen molar-refractivity contribution in [3.8, 4) is 12.0 Å². The van der Waals surface area contributed by atoms with E-state index >= 15 is 0 Å². The average molecular weight is 306 g/mol. The van der Waals surface area contributed by atoms with E-state index in [2.05, 4.69) is 9.46 Å². The molecule has 5 nitrogen and oxygen atoms in total. The molecule has 2 rings (SSSR count). The molecule has 0 fully saturated rings. The molecule has 7 heteroatoms. The second-order valence-electron chi connectivity index (χ2n) is 3.50. The van der Waals surface area contributed by atoms with Crippen LogP contribution in [0.25, 0.3) is 0 Å². The minimum Gasteiger partial charge on any atom is -0.496 e. The summed E-state index contributed by atoms with van der Waals surface area (Å²) in [4.78, 5) is 12.8. The zero-order valence-corrected chi connectivity index (χ0v) is 12.1. The van der Waals surface area contributed by atoms with Crippen LogP contribution >= 0.6 is 23.3 Å². The molecule has 0 bridgehead atoms. The number of methoxy groups -OCH3 is 1. The van der Waals surface area contributed by atoms with E-state index in [9.17, 15) is 4.79 Å². The molecule has 1 heterocycles. The van der Waals surface area contributed by atoms with Crippen LogP contribution in [-0.4, -0.2) is 13.1 Å². The van der Waals surface area contributed by atoms with Gasteiger partial charge in [-0.25, -0.2) is 4.79 Å². The Balaban J connectivity index is 2.10. The Bertz CT molecular complexity index is 649. The molecular weight excluding hydrogens is 296 g/mol. The molecule has 20 heavy (non-hydrogen) atoms. The highest BCUT2D eigenvalue weighted by molar-refractivity contribution is 8.00. The van der Waals surface area contributed by atoms with Crippen LogP contribution in [-0.2, 0) is 4.74 Å². The van der Waals surface area contributed by atoms with Crippen molar-refractivity contribution in [2.75, 3.05) is 11.8 Å². The number of hydrogen-bond acceptors (Lipinski definition) is 7. The largest absolute Gasteiger partial charge is 0.496 e. The fourth-order valence-electron chi connectivity index (χ4n) is 1.45. The average Bonchev–Trinajstić information content (AvgIpc) is 2.94. The first-order valence-corrected chi connectivity index (χ1v) is 7.19. The van der Waals surface area contributed by atoms with Crippen LogP contribution in [0, 0.1) is 11.5 Å². The van der Waals surface area contributed by atoms with Crippen molar-refractivity contribution in [1.29, 1.82) is 5.26 Å². The van der Waals surface area contributed by atoms with Crippen molar-refractivity contribution in [2.24, 2.45) is 0 Å². The first kappa shape index (κ1) is 14.2. The van der Waals surface area contributed by atoms with E-state index < -0.39 is 5.97 Å². The van der Waals surface area contributed by atoms with Crippen molar-refractivity contribution in [2.45, 2.75) is 4.90 Å². The number of nitrogens with zero attached hydrogens (tertiary/aromatic N) is 1. The highest BCUT2D eigenvalue weighted by atomic mass is 32.2. The summed E-state index contributed by atoms with van der Waals surface area (Å²) in [6.45, 7) is 0. The van der Waals surface area contributed by atoms with Crippen LogP contribution in [0.4, 0.5) is 5.69 Å². The van der Waals surface area contributed by atoms with Crippen LogP contribution < -0.4 is 9.46 Å². The topological polar surface area (TPSA) is 71.3 Å². The number of ether oxygens (including phenoxy) is 2. The van der Waals surface area contributed by atoms with Crippen LogP contribution in [0.2, 0.25) is 0 Å². The van der Waals surface area contributed by atoms with Gasteiger partial charge in [0, 0.05) is 0 Å². The number of anilines is 1. The molecule has 0 radical (unpaired) electrons. The van der Waals surface area contributed by atoms with E-state index in [4.69, 9.17) is 10.00 Å². The summed E-state index contributed by atoms with van der Waals surface area (Å²) in [7, 11) is 1.60. The summed E-state index contributed by atoms with van der Waals surface area (Å²) < 4.78 is 12.6. The number of nitrogens with one attached hydrogen (secondary N) is 1. The zero-order valence-electron chi connectivity index (χ0n) is 10.5. The molecule has 102 valence electrons. The molecule has 0 aliphatic carbocycles. The fraction of sp³-hybridized carbons (Fsp3) is 0.0769. The van der Waals surface area contributed by atoms with E-state index in [1.54, 1.807) is 18.6 Å². The van der Waals surface area contributed by atoms with Crippen molar-refractivity contribution in [1.82, 2.24) is 0 Å². The van der Waals surface area contributed by atoms with Crippen LogP contribution in [0.1, 0.15) is 9.67 Å². The van der Waals surface area contributed by atoms with Crippen molar-refractivity contribution in [3.63, 3.8) is 0 Å². The van der Waals surface area contributed by atoms with E-state index in [-0.39, 0.29) is 0 Å². The van der Waals surface area contributed by atoms with Gasteiger partial charge in [-0.1, -0.05) is 12.1 Å². The minimum atomic E-state index is -0.661. The number of carbonyl (C=O) groups is 1. The number of carbonyl (C=O) groups excluding carboxylic acids is 1. The second kappa shape index (κ2) is 6.84. The lowest BCUT2D eigenvalue weighted by Gasteiger charge is -2.08. The van der Waals surface area contributed by atoms with Crippen molar-refractivity contribution in [3.05, 3.63) is 40.6 Å². The van der Waals surface area contributed by atoms with Gasteiger partial charge in [0.05, 0.1) is 17.7 Å². The molecule has 0 aliphatic rings. The highest BCUT2D eigenvalue weighted by Crippen LogP contribution is 2.32. The monoisotopic (exact) mass is 306 g/mol. The van der Waals surface area contributed by atoms with E-state index in [0.29, 0.717) is 10.6 Å². The van der Waals surface area contributed by atoms with Gasteiger partial charge in [-0.3, -0.25) is 0 Å². The van der Waals surface area contributed by atoms with Gasteiger partial charge in [0.1, 0.15) is 10.6 Å². The van der Waals surface area contributed by atoms with Gasteiger partial charge in [-0.05, 0) is 35.5 Å². The molecule has 0 amide bonds. The Kier molecular flexibility index (Phi) is 4.87. The first-order chi connectivity index (χ1) is 9.76. The molecule has 0 atom stereocenters. The Morgan fingerprint density at radius 2 is 2.20 bits per heavy atom. The Labute approximate surface area is 124 Å². The third-order valence-corrected chi connectivity index (χ3v) is 4.10. The molecular formula is C13H10N2O3S2. The lowest BCUT2D eigenvalue weighted by molar-refractivity contribution is 0.0691. The third-order valence-electron chi connectivity index (χ3n) is 2.33. The quantitative estimate of drug-likeness (QED) is 0.518. The maximum absolute atomic E-state index is 11.6. The third kappa shape index (κ3) is 3.23. The maximum Gasteiger partial charge on any atom is 0.365 e. The molecule has 1 N–H and O–H groups in total.